The van der Waals surface area contributed by atoms with Crippen molar-refractivity contribution in [2.24, 2.45) is 0 Å². The van der Waals surface area contributed by atoms with Gasteiger partial charge in [-0.05, 0) is 6.07 Å². The molecule has 1 aliphatic heterocycles. The van der Waals surface area contributed by atoms with E-state index in [1.54, 1.807) is 18.2 Å². The van der Waals surface area contributed by atoms with Gasteiger partial charge < -0.3 is 5.11 Å². The van der Waals surface area contributed by atoms with Gasteiger partial charge in [0.15, 0.2) is 0 Å². The molecule has 1 N–H and O–H groups in total. The van der Waals surface area contributed by atoms with Gasteiger partial charge in [-0.3, -0.25) is 0 Å². The maximum atomic E-state index is 9.06. The van der Waals surface area contributed by atoms with E-state index in [-0.39, 0.29) is 12.6 Å². The van der Waals surface area contributed by atoms with E-state index < -0.39 is 0 Å². The fraction of sp³-hybridized carbons (Fsp3) is 0.111. The van der Waals surface area contributed by atoms with E-state index >= 15 is 0 Å². The molecule has 0 aromatic heterocycles. The second kappa shape index (κ2) is 2.44. The molecule has 0 unspecified atom stereocenters. The van der Waals surface area contributed by atoms with Gasteiger partial charge in [0.25, 0.3) is 0 Å². The second-order valence-corrected chi connectivity index (χ2v) is 2.51. The summed E-state index contributed by atoms with van der Waals surface area (Å²) < 4.78 is 10.2. The van der Waals surface area contributed by atoms with Crippen LogP contribution >= 0.6 is 0 Å². The molecule has 0 fully saturated rings. The van der Waals surface area contributed by atoms with Crippen molar-refractivity contribution in [2.45, 2.75) is 0 Å². The first-order valence-electron chi connectivity index (χ1n) is 3.55. The number of fused-ring (bicyclic) bond motifs is 1. The fourth-order valence-electron chi connectivity index (χ4n) is 1.08. The Morgan fingerprint density at radius 3 is 2.83 bits per heavy atom. The highest BCUT2D eigenvalue weighted by Gasteiger charge is 2.19. The zero-order valence-corrected chi connectivity index (χ0v) is 6.41. The van der Waals surface area contributed by atoms with Gasteiger partial charge in [0.1, 0.15) is 5.76 Å². The van der Waals surface area contributed by atoms with Gasteiger partial charge in [-0.25, -0.2) is 0 Å². The third-order valence-electron chi connectivity index (χ3n) is 1.71. The first kappa shape index (κ1) is 7.03. The maximum absolute atomic E-state index is 9.06. The lowest BCUT2D eigenvalue weighted by Gasteiger charge is -1.90. The van der Waals surface area contributed by atoms with Crippen molar-refractivity contribution in [2.75, 3.05) is 6.79 Å². The Morgan fingerprint density at radius 2 is 2.08 bits per heavy atom. The Balaban J connectivity index is 2.69. The van der Waals surface area contributed by atoms with E-state index in [2.05, 4.69) is 6.58 Å². The highest BCUT2D eigenvalue weighted by atomic mass is 16.6. The van der Waals surface area contributed by atoms with Crippen LogP contribution in [0, 0.1) is 0 Å². The van der Waals surface area contributed by atoms with Gasteiger partial charge in [-0.2, -0.15) is 8.85 Å². The molecule has 1 heterocycles. The minimum absolute atomic E-state index is 0.0355. The molecule has 1 aromatic carbocycles. The molecule has 1 aromatic rings. The Labute approximate surface area is 68.6 Å². The summed E-state index contributed by atoms with van der Waals surface area (Å²) in [6, 6.07) is 5.18. The normalized spacial score (nSPS) is 13.0. The molecule has 60 valence electrons. The lowest BCUT2D eigenvalue weighted by molar-refractivity contribution is 0.513. The highest BCUT2D eigenvalue weighted by molar-refractivity contribution is 5.55. The van der Waals surface area contributed by atoms with Gasteiger partial charge in [-0.1, -0.05) is 6.58 Å². The van der Waals surface area contributed by atoms with E-state index in [4.69, 9.17) is 14.0 Å². The zero-order valence-electron chi connectivity index (χ0n) is 6.41. The molecule has 0 amide bonds. The van der Waals surface area contributed by atoms with E-state index in [9.17, 15) is 0 Å². The van der Waals surface area contributed by atoms with Crippen LogP contribution in [0.4, 0.5) is 0 Å². The van der Waals surface area contributed by atoms with Crippen LogP contribution in [0.1, 0.15) is 5.56 Å². The molecular weight excluding hydrogens is 156 g/mol. The summed E-state index contributed by atoms with van der Waals surface area (Å²) in [6.07, 6.45) is 0. The van der Waals surface area contributed by atoms with Crippen LogP contribution in [0.15, 0.2) is 33.6 Å². The minimum Gasteiger partial charge on any atom is -0.508 e. The number of hydrogen-bond donors (Lipinski definition) is 1. The molecular formula is C9H8O3+2. The van der Waals surface area contributed by atoms with Crippen LogP contribution in [0.3, 0.4) is 0 Å². The minimum atomic E-state index is 0.0355. The molecule has 2 rings (SSSR count). The number of rotatable bonds is 1. The van der Waals surface area contributed by atoms with E-state index in [0.717, 1.165) is 0 Å². The van der Waals surface area contributed by atoms with Crippen molar-refractivity contribution in [3.63, 3.8) is 0 Å². The summed E-state index contributed by atoms with van der Waals surface area (Å²) in [5.41, 5.74) is 2.02. The number of aliphatic hydroxyl groups excluding tert-OH is 1. The molecule has 0 spiro atoms. The largest absolute Gasteiger partial charge is 0.570 e. The molecule has 1 aliphatic rings. The van der Waals surface area contributed by atoms with Crippen molar-refractivity contribution >= 4 is 5.76 Å². The zero-order chi connectivity index (χ0) is 8.55. The molecule has 0 radical (unpaired) electrons. The summed E-state index contributed by atoms with van der Waals surface area (Å²) in [6.45, 7) is 3.66. The van der Waals surface area contributed by atoms with Crippen LogP contribution in [0.2, 0.25) is 0 Å². The average Bonchev–Trinajstić information content (AvgIpc) is 2.49. The lowest BCUT2D eigenvalue weighted by atomic mass is 10.2. The summed E-state index contributed by atoms with van der Waals surface area (Å²) in [5.74, 6) is 0.0355. The van der Waals surface area contributed by atoms with E-state index in [1.165, 1.54) is 0 Å². The molecule has 3 nitrogen and oxygen atoms in total. The monoisotopic (exact) mass is 164 g/mol. The topological polar surface area (TPSA) is 42.8 Å². The third-order valence-corrected chi connectivity index (χ3v) is 1.71. The van der Waals surface area contributed by atoms with E-state index in [1.807, 2.05) is 0 Å². The van der Waals surface area contributed by atoms with Crippen LogP contribution in [-0.2, 0) is 0 Å². The highest BCUT2D eigenvalue weighted by Crippen LogP contribution is 2.03. The Kier molecular flexibility index (Phi) is 1.43. The summed E-state index contributed by atoms with van der Waals surface area (Å²) in [7, 11) is 0. The first-order chi connectivity index (χ1) is 5.77. The van der Waals surface area contributed by atoms with E-state index in [0.29, 0.717) is 16.4 Å². The van der Waals surface area contributed by atoms with Gasteiger partial charge in [-0.15, -0.1) is 0 Å². The number of hydrogen-bond acceptors (Lipinski definition) is 1. The molecule has 3 heteroatoms. The Bertz CT molecular complexity index is 445. The van der Waals surface area contributed by atoms with Crippen molar-refractivity contribution in [1.29, 1.82) is 0 Å². The quantitative estimate of drug-likeness (QED) is 0.365. The molecule has 0 bridgehead atoms. The summed E-state index contributed by atoms with van der Waals surface area (Å²) in [4.78, 5) is 0. The number of aliphatic hydroxyl groups is 1. The number of benzene rings is 1. The van der Waals surface area contributed by atoms with Gasteiger partial charge in [0.05, 0.1) is 12.1 Å². The van der Waals surface area contributed by atoms with Gasteiger partial charge in [0.2, 0.25) is 0 Å². The Hall–Kier alpha value is -1.64. The lowest BCUT2D eigenvalue weighted by Crippen LogP contribution is -2.21. The fourth-order valence-corrected chi connectivity index (χ4v) is 1.08. The van der Waals surface area contributed by atoms with Crippen LogP contribution < -0.4 is 10.9 Å². The standard InChI is InChI=1S/C9H7O3/c1-6(10)7-2-3-8-9(4-7)12-5-11-8/h2-4H,1,5H2/q+1/p+1. The van der Waals surface area contributed by atoms with Crippen LogP contribution in [0.25, 0.3) is 5.76 Å². The molecule has 12 heavy (non-hydrogen) atoms. The summed E-state index contributed by atoms with van der Waals surface area (Å²) >= 11 is 0. The predicted molar refractivity (Wildman–Crippen MR) is 46.7 cm³/mol. The smallest absolute Gasteiger partial charge is 0.508 e. The van der Waals surface area contributed by atoms with Crippen molar-refractivity contribution in [1.82, 2.24) is 0 Å². The molecule has 0 saturated carbocycles. The van der Waals surface area contributed by atoms with Crippen molar-refractivity contribution < 1.29 is 5.11 Å². The second-order valence-electron chi connectivity index (χ2n) is 2.51. The maximum Gasteiger partial charge on any atom is 0.570 e. The van der Waals surface area contributed by atoms with Gasteiger partial charge in [0, 0.05) is 5.56 Å². The third kappa shape index (κ3) is 0.993. The molecule has 0 atom stereocenters. The van der Waals surface area contributed by atoms with Crippen LogP contribution in [0.5, 0.6) is 0 Å². The van der Waals surface area contributed by atoms with Crippen LogP contribution in [-0.4, -0.2) is 11.9 Å². The summed E-state index contributed by atoms with van der Waals surface area (Å²) in [5, 5.41) is 9.06. The van der Waals surface area contributed by atoms with Crippen molar-refractivity contribution in [3.8, 4) is 0 Å². The SMILES string of the molecule is C=C(O)c1ccc2c(c1)=[O+]C[O+]=2. The Morgan fingerprint density at radius 1 is 1.33 bits per heavy atom. The average molecular weight is 164 g/mol. The predicted octanol–water partition coefficient (Wildman–Crippen LogP) is 0.416. The van der Waals surface area contributed by atoms with Crippen molar-refractivity contribution in [3.05, 3.63) is 50.0 Å². The first-order valence-corrected chi connectivity index (χ1v) is 3.55. The van der Waals surface area contributed by atoms with Gasteiger partial charge >= 0.3 is 17.7 Å². The molecule has 0 aliphatic carbocycles. The molecule has 0 saturated heterocycles.